The van der Waals surface area contributed by atoms with Gasteiger partial charge in [0.05, 0.1) is 9.89 Å². The Morgan fingerprint density at radius 2 is 1.78 bits per heavy atom. The third kappa shape index (κ3) is 2.30. The molecular formula is C15H21BrOS. The lowest BCUT2D eigenvalue weighted by molar-refractivity contribution is -0.0192. The molecule has 0 amide bonds. The van der Waals surface area contributed by atoms with Crippen molar-refractivity contribution in [3.63, 3.8) is 0 Å². The number of halogens is 1. The summed E-state index contributed by atoms with van der Waals surface area (Å²) in [5.41, 5.74) is 1.18. The Labute approximate surface area is 122 Å². The number of aliphatic hydroxyl groups excluding tert-OH is 1. The standard InChI is InChI=1S/C15H21BrOS/c1-9-12(8-13(16)18-9)15(17)14(10-4-2-5-10)11-6-3-7-11/h8,10-11,14-15,17H,2-7H2,1H3. The van der Waals surface area contributed by atoms with Gasteiger partial charge in [-0.3, -0.25) is 0 Å². The molecule has 1 aromatic heterocycles. The van der Waals surface area contributed by atoms with E-state index < -0.39 is 0 Å². The van der Waals surface area contributed by atoms with Gasteiger partial charge < -0.3 is 5.11 Å². The summed E-state index contributed by atoms with van der Waals surface area (Å²) in [6.45, 7) is 2.13. The second-order valence-corrected chi connectivity index (χ2v) is 8.60. The molecule has 2 aliphatic carbocycles. The van der Waals surface area contributed by atoms with E-state index in [4.69, 9.17) is 0 Å². The monoisotopic (exact) mass is 328 g/mol. The second kappa shape index (κ2) is 5.26. The first kappa shape index (κ1) is 13.1. The Kier molecular flexibility index (Phi) is 3.84. The molecule has 0 spiro atoms. The van der Waals surface area contributed by atoms with Gasteiger partial charge in [0, 0.05) is 4.88 Å². The summed E-state index contributed by atoms with van der Waals surface area (Å²) in [5.74, 6) is 2.08. The van der Waals surface area contributed by atoms with E-state index in [0.717, 1.165) is 15.6 Å². The quantitative estimate of drug-likeness (QED) is 0.818. The van der Waals surface area contributed by atoms with E-state index in [2.05, 4.69) is 28.9 Å². The van der Waals surface area contributed by atoms with Gasteiger partial charge in [0.25, 0.3) is 0 Å². The summed E-state index contributed by atoms with van der Waals surface area (Å²) in [6.07, 6.45) is 7.85. The highest BCUT2D eigenvalue weighted by molar-refractivity contribution is 9.11. The maximum atomic E-state index is 10.8. The third-order valence-corrected chi connectivity index (χ3v) is 6.57. The van der Waals surface area contributed by atoms with Crippen LogP contribution in [0.2, 0.25) is 0 Å². The Bertz CT molecular complexity index is 406. The van der Waals surface area contributed by atoms with Gasteiger partial charge >= 0.3 is 0 Å². The number of rotatable bonds is 4. The van der Waals surface area contributed by atoms with Crippen LogP contribution >= 0.6 is 27.3 Å². The van der Waals surface area contributed by atoms with Gasteiger partial charge in [-0.05, 0) is 52.2 Å². The van der Waals surface area contributed by atoms with Crippen LogP contribution in [0.25, 0.3) is 0 Å². The third-order valence-electron chi connectivity index (χ3n) is 5.00. The fraction of sp³-hybridized carbons (Fsp3) is 0.733. The maximum absolute atomic E-state index is 10.8. The summed E-state index contributed by atoms with van der Waals surface area (Å²) in [5, 5.41) is 10.8. The Hall–Kier alpha value is 0.140. The number of aryl methyl sites for hydroxylation is 1. The molecule has 18 heavy (non-hydrogen) atoms. The summed E-state index contributed by atoms with van der Waals surface area (Å²) < 4.78 is 1.15. The molecule has 1 heterocycles. The molecule has 100 valence electrons. The molecule has 0 aromatic carbocycles. The Morgan fingerprint density at radius 1 is 1.22 bits per heavy atom. The zero-order chi connectivity index (χ0) is 12.7. The highest BCUT2D eigenvalue weighted by atomic mass is 79.9. The lowest BCUT2D eigenvalue weighted by Crippen LogP contribution is -2.36. The van der Waals surface area contributed by atoms with E-state index in [1.807, 2.05) is 0 Å². The molecule has 1 atom stereocenters. The molecule has 0 bridgehead atoms. The fourth-order valence-corrected chi connectivity index (χ4v) is 5.26. The molecule has 1 nitrogen and oxygen atoms in total. The molecule has 0 aliphatic heterocycles. The second-order valence-electron chi connectivity index (χ2n) is 5.97. The number of hydrogen-bond acceptors (Lipinski definition) is 2. The summed E-state index contributed by atoms with van der Waals surface area (Å²) in [4.78, 5) is 1.28. The van der Waals surface area contributed by atoms with Crippen LogP contribution in [0.4, 0.5) is 0 Å². The molecule has 1 N–H and O–H groups in total. The topological polar surface area (TPSA) is 20.2 Å². The van der Waals surface area contributed by atoms with Gasteiger partial charge in [-0.1, -0.05) is 38.5 Å². The van der Waals surface area contributed by atoms with Crippen LogP contribution in [0, 0.1) is 24.7 Å². The molecule has 3 rings (SSSR count). The largest absolute Gasteiger partial charge is 0.388 e. The molecule has 1 unspecified atom stereocenters. The SMILES string of the molecule is Cc1sc(Br)cc1C(O)C(C1CCC1)C1CCC1. The van der Waals surface area contributed by atoms with E-state index in [9.17, 15) is 5.11 Å². The first-order chi connectivity index (χ1) is 8.66. The summed E-state index contributed by atoms with van der Waals surface area (Å²) >= 11 is 5.29. The zero-order valence-corrected chi connectivity index (χ0v) is 13.3. The number of hydrogen-bond donors (Lipinski definition) is 1. The van der Waals surface area contributed by atoms with Gasteiger partial charge in [0.1, 0.15) is 0 Å². The predicted molar refractivity (Wildman–Crippen MR) is 79.9 cm³/mol. The highest BCUT2D eigenvalue weighted by Crippen LogP contribution is 2.50. The van der Waals surface area contributed by atoms with Crippen molar-refractivity contribution >= 4 is 27.3 Å². The molecule has 0 radical (unpaired) electrons. The van der Waals surface area contributed by atoms with Crippen molar-refractivity contribution in [2.75, 3.05) is 0 Å². The van der Waals surface area contributed by atoms with Crippen molar-refractivity contribution in [2.24, 2.45) is 17.8 Å². The van der Waals surface area contributed by atoms with Gasteiger partial charge in [-0.15, -0.1) is 11.3 Å². The van der Waals surface area contributed by atoms with Crippen molar-refractivity contribution in [1.82, 2.24) is 0 Å². The minimum Gasteiger partial charge on any atom is -0.388 e. The van der Waals surface area contributed by atoms with Crippen molar-refractivity contribution < 1.29 is 5.11 Å². The minimum absolute atomic E-state index is 0.233. The average molecular weight is 329 g/mol. The fourth-order valence-electron chi connectivity index (χ4n) is 3.51. The number of aliphatic hydroxyl groups is 1. The van der Waals surface area contributed by atoms with Crippen LogP contribution in [0.5, 0.6) is 0 Å². The van der Waals surface area contributed by atoms with Crippen molar-refractivity contribution in [1.29, 1.82) is 0 Å². The minimum atomic E-state index is -0.233. The van der Waals surface area contributed by atoms with E-state index in [0.29, 0.717) is 5.92 Å². The first-order valence-electron chi connectivity index (χ1n) is 7.10. The van der Waals surface area contributed by atoms with Crippen LogP contribution < -0.4 is 0 Å². The first-order valence-corrected chi connectivity index (χ1v) is 8.71. The smallest absolute Gasteiger partial charge is 0.0834 e. The summed E-state index contributed by atoms with van der Waals surface area (Å²) in [6, 6.07) is 2.13. The van der Waals surface area contributed by atoms with Crippen LogP contribution in [-0.4, -0.2) is 5.11 Å². The van der Waals surface area contributed by atoms with E-state index in [-0.39, 0.29) is 6.10 Å². The van der Waals surface area contributed by atoms with Crippen molar-refractivity contribution in [3.05, 3.63) is 20.3 Å². The average Bonchev–Trinajstić information content (AvgIpc) is 2.50. The highest BCUT2D eigenvalue weighted by Gasteiger charge is 2.41. The molecule has 3 heteroatoms. The van der Waals surface area contributed by atoms with Gasteiger partial charge in [-0.25, -0.2) is 0 Å². The van der Waals surface area contributed by atoms with E-state index in [1.165, 1.54) is 49.0 Å². The lowest BCUT2D eigenvalue weighted by Gasteiger charge is -2.45. The van der Waals surface area contributed by atoms with Gasteiger partial charge in [0.2, 0.25) is 0 Å². The van der Waals surface area contributed by atoms with Crippen LogP contribution in [0.1, 0.15) is 55.1 Å². The Morgan fingerprint density at radius 3 is 2.11 bits per heavy atom. The lowest BCUT2D eigenvalue weighted by atomic mass is 9.62. The molecule has 2 saturated carbocycles. The van der Waals surface area contributed by atoms with Crippen LogP contribution in [0.15, 0.2) is 9.85 Å². The Balaban J connectivity index is 1.82. The molecule has 2 fully saturated rings. The maximum Gasteiger partial charge on any atom is 0.0834 e. The molecular weight excluding hydrogens is 308 g/mol. The summed E-state index contributed by atoms with van der Waals surface area (Å²) in [7, 11) is 0. The van der Waals surface area contributed by atoms with Gasteiger partial charge in [-0.2, -0.15) is 0 Å². The van der Waals surface area contributed by atoms with E-state index in [1.54, 1.807) is 11.3 Å². The van der Waals surface area contributed by atoms with E-state index >= 15 is 0 Å². The van der Waals surface area contributed by atoms with Crippen LogP contribution in [-0.2, 0) is 0 Å². The molecule has 2 aliphatic rings. The van der Waals surface area contributed by atoms with Crippen LogP contribution in [0.3, 0.4) is 0 Å². The predicted octanol–water partition coefficient (Wildman–Crippen LogP) is 5.07. The van der Waals surface area contributed by atoms with Gasteiger partial charge in [0.15, 0.2) is 0 Å². The van der Waals surface area contributed by atoms with Crippen molar-refractivity contribution in [3.8, 4) is 0 Å². The number of thiophene rings is 1. The molecule has 0 saturated heterocycles. The normalized spacial score (nSPS) is 22.9. The van der Waals surface area contributed by atoms with Crippen molar-refractivity contribution in [2.45, 2.75) is 51.6 Å². The molecule has 1 aromatic rings. The zero-order valence-electron chi connectivity index (χ0n) is 10.9.